The molecule has 0 aliphatic heterocycles. The lowest BCUT2D eigenvalue weighted by Crippen LogP contribution is -2.34. The Labute approximate surface area is 179 Å². The molecule has 0 radical (unpaired) electrons. The Morgan fingerprint density at radius 1 is 1.30 bits per heavy atom. The average molecular weight is 422 g/mol. The van der Waals surface area contributed by atoms with E-state index in [1.54, 1.807) is 22.2 Å². The summed E-state index contributed by atoms with van der Waals surface area (Å²) in [6.07, 6.45) is 10.9. The minimum absolute atomic E-state index is 0.136. The fraction of sp³-hybridized carbons (Fsp3) is 0.435. The summed E-state index contributed by atoms with van der Waals surface area (Å²) in [5, 5.41) is 4.54. The third-order valence-electron chi connectivity index (χ3n) is 6.01. The highest BCUT2D eigenvalue weighted by Crippen LogP contribution is 2.33. The molecule has 1 aliphatic carbocycles. The van der Waals surface area contributed by atoms with E-state index >= 15 is 0 Å². The topological polar surface area (TPSA) is 64.2 Å². The van der Waals surface area contributed by atoms with Crippen molar-refractivity contribution in [1.82, 2.24) is 24.3 Å². The first-order chi connectivity index (χ1) is 14.6. The number of nitrogens with zero attached hydrogens (tertiary/aromatic N) is 4. The lowest BCUT2D eigenvalue weighted by molar-refractivity contribution is 0.460. The molecule has 7 heteroatoms. The van der Waals surface area contributed by atoms with E-state index < -0.39 is 0 Å². The van der Waals surface area contributed by atoms with Crippen LogP contribution >= 0.6 is 11.3 Å². The molecule has 1 atom stereocenters. The molecule has 1 aliphatic rings. The largest absolute Gasteiger partial charge is 0.308 e. The molecule has 30 heavy (non-hydrogen) atoms. The predicted octanol–water partition coefficient (Wildman–Crippen LogP) is 3.86. The smallest absolute Gasteiger partial charge is 0.262 e. The summed E-state index contributed by atoms with van der Waals surface area (Å²) in [6, 6.07) is 4.55. The number of fused-ring (bicyclic) bond motifs is 4. The summed E-state index contributed by atoms with van der Waals surface area (Å²) in [5.74, 6) is 0. The Hall–Kier alpha value is -2.51. The lowest BCUT2D eigenvalue weighted by atomic mass is 9.93. The maximum Gasteiger partial charge on any atom is 0.262 e. The summed E-state index contributed by atoms with van der Waals surface area (Å²) < 4.78 is 3.88. The van der Waals surface area contributed by atoms with Gasteiger partial charge in [0.1, 0.15) is 10.5 Å². The first-order valence-electron chi connectivity index (χ1n) is 10.8. The van der Waals surface area contributed by atoms with Crippen LogP contribution in [-0.4, -0.2) is 25.0 Å². The van der Waals surface area contributed by atoms with Gasteiger partial charge in [-0.3, -0.25) is 9.36 Å². The number of hydrogen-bond donors (Lipinski definition) is 1. The Balaban J connectivity index is 1.32. The van der Waals surface area contributed by atoms with Crippen molar-refractivity contribution in [3.63, 3.8) is 0 Å². The Kier molecular flexibility index (Phi) is 5.16. The molecule has 0 fully saturated rings. The molecule has 1 N–H and O–H groups in total. The van der Waals surface area contributed by atoms with Gasteiger partial charge in [0.05, 0.1) is 17.4 Å². The predicted molar refractivity (Wildman–Crippen MR) is 121 cm³/mol. The summed E-state index contributed by atoms with van der Waals surface area (Å²) >= 11 is 1.69. The van der Waals surface area contributed by atoms with Gasteiger partial charge in [-0.25, -0.2) is 9.97 Å². The number of aryl methyl sites for hydroxylation is 3. The lowest BCUT2D eigenvalue weighted by Gasteiger charge is -2.23. The molecule has 0 unspecified atom stereocenters. The van der Waals surface area contributed by atoms with E-state index in [4.69, 9.17) is 4.98 Å². The molecule has 4 aromatic heterocycles. The summed E-state index contributed by atoms with van der Waals surface area (Å²) in [5.41, 5.74) is 4.64. The number of aromatic nitrogens is 4. The van der Waals surface area contributed by atoms with E-state index in [9.17, 15) is 4.79 Å². The average Bonchev–Trinajstić information content (AvgIpc) is 3.32. The van der Waals surface area contributed by atoms with Crippen molar-refractivity contribution in [2.75, 3.05) is 0 Å². The Morgan fingerprint density at radius 3 is 3.07 bits per heavy atom. The molecule has 0 saturated heterocycles. The van der Waals surface area contributed by atoms with Crippen molar-refractivity contribution < 1.29 is 0 Å². The van der Waals surface area contributed by atoms with Crippen LogP contribution in [0, 0.1) is 6.92 Å². The minimum atomic E-state index is 0.136. The number of thiophene rings is 1. The van der Waals surface area contributed by atoms with E-state index in [0.717, 1.165) is 66.8 Å². The van der Waals surface area contributed by atoms with Crippen LogP contribution in [-0.2, 0) is 25.9 Å². The molecule has 0 bridgehead atoms. The van der Waals surface area contributed by atoms with Crippen LogP contribution in [0.25, 0.3) is 15.9 Å². The van der Waals surface area contributed by atoms with Gasteiger partial charge >= 0.3 is 0 Å². The quantitative estimate of drug-likeness (QED) is 0.513. The molecule has 0 aromatic carbocycles. The van der Waals surface area contributed by atoms with Gasteiger partial charge in [0.2, 0.25) is 0 Å². The second-order valence-electron chi connectivity index (χ2n) is 8.31. The summed E-state index contributed by atoms with van der Waals surface area (Å²) in [7, 11) is 0. The molecule has 6 nitrogen and oxygen atoms in total. The summed E-state index contributed by atoms with van der Waals surface area (Å²) in [6.45, 7) is 5.75. The zero-order chi connectivity index (χ0) is 20.7. The third kappa shape index (κ3) is 3.56. The number of nitrogens with one attached hydrogen (secondary N) is 1. The van der Waals surface area contributed by atoms with Crippen molar-refractivity contribution in [3.8, 4) is 0 Å². The number of pyridine rings is 1. The van der Waals surface area contributed by atoms with Gasteiger partial charge in [-0.2, -0.15) is 0 Å². The Bertz CT molecular complexity index is 1270. The van der Waals surface area contributed by atoms with Gasteiger partial charge in [0.15, 0.2) is 0 Å². The van der Waals surface area contributed by atoms with Gasteiger partial charge in [-0.15, -0.1) is 11.3 Å². The molecule has 5 rings (SSSR count). The van der Waals surface area contributed by atoms with Crippen LogP contribution in [0.4, 0.5) is 0 Å². The van der Waals surface area contributed by atoms with Crippen molar-refractivity contribution >= 4 is 27.2 Å². The van der Waals surface area contributed by atoms with Crippen molar-refractivity contribution in [2.24, 2.45) is 0 Å². The van der Waals surface area contributed by atoms with E-state index in [0.29, 0.717) is 6.04 Å². The number of rotatable bonds is 6. The normalized spacial score (nSPS) is 16.4. The van der Waals surface area contributed by atoms with Crippen LogP contribution in [0.1, 0.15) is 47.9 Å². The highest BCUT2D eigenvalue weighted by atomic mass is 32.1. The standard InChI is InChI=1S/C23H27N5OS/c1-3-4-9-27-14-25-22-21(23(27)29)18-7-6-16(10-19(18)30-22)24-11-17-13-28-12-15(2)5-8-20(28)26-17/h5,8,12-14,16,24H,3-4,6-7,9-11H2,1-2H3/t16-/m1/s1. The van der Waals surface area contributed by atoms with Crippen LogP contribution in [0.5, 0.6) is 0 Å². The van der Waals surface area contributed by atoms with Gasteiger partial charge in [0.25, 0.3) is 5.56 Å². The maximum absolute atomic E-state index is 13.0. The van der Waals surface area contributed by atoms with Crippen molar-refractivity contribution in [1.29, 1.82) is 0 Å². The molecule has 156 valence electrons. The highest BCUT2D eigenvalue weighted by molar-refractivity contribution is 7.18. The second kappa shape index (κ2) is 7.96. The second-order valence-corrected chi connectivity index (χ2v) is 9.39. The fourth-order valence-electron chi connectivity index (χ4n) is 4.35. The Morgan fingerprint density at radius 2 is 2.20 bits per heavy atom. The van der Waals surface area contributed by atoms with Gasteiger partial charge in [0, 0.05) is 36.4 Å². The minimum Gasteiger partial charge on any atom is -0.308 e. The monoisotopic (exact) mass is 421 g/mol. The van der Waals surface area contributed by atoms with Gasteiger partial charge in [-0.05, 0) is 49.8 Å². The first-order valence-corrected chi connectivity index (χ1v) is 11.6. The summed E-state index contributed by atoms with van der Waals surface area (Å²) in [4.78, 5) is 24.5. The zero-order valence-corrected chi connectivity index (χ0v) is 18.3. The third-order valence-corrected chi connectivity index (χ3v) is 7.17. The van der Waals surface area contributed by atoms with E-state index in [1.165, 1.54) is 16.0 Å². The van der Waals surface area contributed by atoms with Crippen LogP contribution in [0.3, 0.4) is 0 Å². The molecule has 4 heterocycles. The number of imidazole rings is 1. The molecule has 0 saturated carbocycles. The molecule has 0 spiro atoms. The fourth-order valence-corrected chi connectivity index (χ4v) is 5.61. The molecule has 0 amide bonds. The SMILES string of the molecule is CCCCn1cnc2sc3c(c2c1=O)CC[C@@H](NCc1cn2cc(C)ccc2n1)C3. The molecular formula is C23H27N5OS. The number of hydrogen-bond acceptors (Lipinski definition) is 5. The van der Waals surface area contributed by atoms with Gasteiger partial charge < -0.3 is 9.72 Å². The van der Waals surface area contributed by atoms with Crippen LogP contribution in [0.2, 0.25) is 0 Å². The zero-order valence-electron chi connectivity index (χ0n) is 17.5. The molecular weight excluding hydrogens is 394 g/mol. The van der Waals surface area contributed by atoms with E-state index in [-0.39, 0.29) is 5.56 Å². The van der Waals surface area contributed by atoms with Crippen molar-refractivity contribution in [2.45, 2.75) is 65.1 Å². The van der Waals surface area contributed by atoms with Crippen LogP contribution < -0.4 is 10.9 Å². The van der Waals surface area contributed by atoms with Crippen molar-refractivity contribution in [3.05, 3.63) is 62.9 Å². The maximum atomic E-state index is 13.0. The van der Waals surface area contributed by atoms with Crippen LogP contribution in [0.15, 0.2) is 35.6 Å². The van der Waals surface area contributed by atoms with Gasteiger partial charge in [-0.1, -0.05) is 19.4 Å². The highest BCUT2D eigenvalue weighted by Gasteiger charge is 2.25. The van der Waals surface area contributed by atoms with E-state index in [1.807, 2.05) is 0 Å². The van der Waals surface area contributed by atoms with E-state index in [2.05, 4.69) is 53.1 Å². The first kappa shape index (κ1) is 19.5. The molecule has 4 aromatic rings. The number of unbranched alkanes of at least 4 members (excludes halogenated alkanes) is 1.